The van der Waals surface area contributed by atoms with Gasteiger partial charge in [0.1, 0.15) is 11.9 Å². The van der Waals surface area contributed by atoms with Gasteiger partial charge in [-0.05, 0) is 24.3 Å². The molecule has 0 saturated heterocycles. The molecule has 0 saturated carbocycles. The van der Waals surface area contributed by atoms with Gasteiger partial charge in [-0.25, -0.2) is 18.6 Å². The summed E-state index contributed by atoms with van der Waals surface area (Å²) in [6.07, 6.45) is 2.37. The average Bonchev–Trinajstić information content (AvgIpc) is 2.43. The number of amides is 1. The number of nitrogens with one attached hydrogen (secondary N) is 2. The molecule has 0 aromatic heterocycles. The lowest BCUT2D eigenvalue weighted by Crippen LogP contribution is -2.35. The number of carbonyl (C=O) groups is 1. The zero-order valence-electron chi connectivity index (χ0n) is 10.0. The zero-order chi connectivity index (χ0) is 14.3. The maximum atomic E-state index is 11.7. The Labute approximate surface area is 110 Å². The Balaban J connectivity index is 2.78. The molecule has 1 amide bonds. The number of hydrogen-bond donors (Lipinski definition) is 3. The minimum Gasteiger partial charge on any atom is -0.408 e. The fraction of sp³-hybridized carbons (Fsp3) is 0.182. The molecule has 0 atom stereocenters. The highest BCUT2D eigenvalue weighted by Crippen LogP contribution is 2.15. The van der Waals surface area contributed by atoms with Crippen molar-refractivity contribution in [1.29, 1.82) is 0 Å². The fourth-order valence-electron chi connectivity index (χ4n) is 1.08. The summed E-state index contributed by atoms with van der Waals surface area (Å²) in [5, 5.41) is 8.26. The average molecular weight is 284 g/mol. The predicted octanol–water partition coefficient (Wildman–Crippen LogP) is -0.170. The quantitative estimate of drug-likeness (QED) is 0.395. The normalized spacial score (nSPS) is 10.2. The van der Waals surface area contributed by atoms with Crippen LogP contribution in [0.25, 0.3) is 0 Å². The SMILES string of the molecule is CC#COc1ccc(S(=O)(=O)NCC(=O)NO)cc1. The van der Waals surface area contributed by atoms with E-state index < -0.39 is 22.5 Å². The van der Waals surface area contributed by atoms with Gasteiger partial charge in [-0.1, -0.05) is 5.92 Å². The van der Waals surface area contributed by atoms with Crippen molar-refractivity contribution in [3.63, 3.8) is 0 Å². The minimum absolute atomic E-state index is 0.0324. The van der Waals surface area contributed by atoms with Crippen LogP contribution >= 0.6 is 0 Å². The fourth-order valence-corrected chi connectivity index (χ4v) is 2.06. The lowest BCUT2D eigenvalue weighted by Gasteiger charge is -2.06. The summed E-state index contributed by atoms with van der Waals surface area (Å²) < 4.78 is 30.5. The first kappa shape index (κ1) is 15.0. The molecule has 1 aromatic carbocycles. The van der Waals surface area contributed by atoms with Gasteiger partial charge in [0.2, 0.25) is 10.0 Å². The third kappa shape index (κ3) is 4.59. The van der Waals surface area contributed by atoms with Crippen molar-refractivity contribution >= 4 is 15.9 Å². The van der Waals surface area contributed by atoms with Gasteiger partial charge in [0.25, 0.3) is 5.91 Å². The topological polar surface area (TPSA) is 105 Å². The second-order valence-electron chi connectivity index (χ2n) is 3.29. The summed E-state index contributed by atoms with van der Waals surface area (Å²) >= 11 is 0. The van der Waals surface area contributed by atoms with E-state index in [-0.39, 0.29) is 4.90 Å². The second kappa shape index (κ2) is 6.75. The minimum atomic E-state index is -3.82. The molecule has 1 rings (SSSR count). The number of hydroxylamine groups is 1. The Hall–Kier alpha value is -2.08. The largest absolute Gasteiger partial charge is 0.408 e. The van der Waals surface area contributed by atoms with Crippen LogP contribution in [0.1, 0.15) is 6.92 Å². The summed E-state index contributed by atoms with van der Waals surface area (Å²) in [5.74, 6) is 2.07. The molecule has 0 aliphatic heterocycles. The van der Waals surface area contributed by atoms with Crippen molar-refractivity contribution in [2.24, 2.45) is 0 Å². The molecule has 1 aromatic rings. The molecular formula is C11H12N2O5S. The highest BCUT2D eigenvalue weighted by atomic mass is 32.2. The standard InChI is InChI=1S/C11H12N2O5S/c1-2-7-18-9-3-5-10(6-4-9)19(16,17)12-8-11(14)13-15/h3-6,12,15H,8H2,1H3,(H,13,14). The van der Waals surface area contributed by atoms with E-state index in [4.69, 9.17) is 9.94 Å². The van der Waals surface area contributed by atoms with Crippen LogP contribution in [0.2, 0.25) is 0 Å². The number of ether oxygens (including phenoxy) is 1. The third-order valence-electron chi connectivity index (χ3n) is 1.95. The van der Waals surface area contributed by atoms with E-state index in [9.17, 15) is 13.2 Å². The van der Waals surface area contributed by atoms with E-state index in [2.05, 4.69) is 12.0 Å². The molecule has 102 valence electrons. The number of rotatable bonds is 5. The van der Waals surface area contributed by atoms with Crippen LogP contribution < -0.4 is 14.9 Å². The molecule has 0 fully saturated rings. The molecular weight excluding hydrogens is 272 g/mol. The van der Waals surface area contributed by atoms with Gasteiger partial charge in [-0.2, -0.15) is 0 Å². The van der Waals surface area contributed by atoms with E-state index in [1.54, 1.807) is 6.92 Å². The van der Waals surface area contributed by atoms with Crippen LogP contribution in [-0.4, -0.2) is 26.1 Å². The molecule has 3 N–H and O–H groups in total. The first-order chi connectivity index (χ1) is 8.99. The first-order valence-corrected chi connectivity index (χ1v) is 6.59. The molecule has 0 bridgehead atoms. The summed E-state index contributed by atoms with van der Waals surface area (Å²) in [6, 6.07) is 5.49. The maximum absolute atomic E-state index is 11.7. The second-order valence-corrected chi connectivity index (χ2v) is 5.05. The van der Waals surface area contributed by atoms with Crippen molar-refractivity contribution in [3.05, 3.63) is 24.3 Å². The number of carbonyl (C=O) groups excluding carboxylic acids is 1. The van der Waals surface area contributed by atoms with E-state index in [1.165, 1.54) is 29.7 Å². The molecule has 0 radical (unpaired) electrons. The van der Waals surface area contributed by atoms with Crippen LogP contribution in [-0.2, 0) is 14.8 Å². The van der Waals surface area contributed by atoms with Crippen molar-refractivity contribution < 1.29 is 23.2 Å². The van der Waals surface area contributed by atoms with Crippen molar-refractivity contribution in [3.8, 4) is 17.8 Å². The lowest BCUT2D eigenvalue weighted by atomic mass is 10.3. The Kier molecular flexibility index (Phi) is 5.32. The van der Waals surface area contributed by atoms with E-state index in [0.29, 0.717) is 5.75 Å². The van der Waals surface area contributed by atoms with Gasteiger partial charge in [0.05, 0.1) is 11.4 Å². The molecule has 8 heteroatoms. The monoisotopic (exact) mass is 284 g/mol. The van der Waals surface area contributed by atoms with Gasteiger partial charge in [-0.15, -0.1) is 0 Å². The van der Waals surface area contributed by atoms with Crippen LogP contribution in [0.15, 0.2) is 29.2 Å². The molecule has 0 heterocycles. The van der Waals surface area contributed by atoms with Gasteiger partial charge >= 0.3 is 0 Å². The molecule has 0 unspecified atom stereocenters. The summed E-state index contributed by atoms with van der Waals surface area (Å²) in [4.78, 5) is 10.7. The predicted molar refractivity (Wildman–Crippen MR) is 65.6 cm³/mol. The van der Waals surface area contributed by atoms with Crippen LogP contribution in [0.3, 0.4) is 0 Å². The van der Waals surface area contributed by atoms with Crippen molar-refractivity contribution in [2.75, 3.05) is 6.54 Å². The Morgan fingerprint density at radius 3 is 2.53 bits per heavy atom. The van der Waals surface area contributed by atoms with Crippen LogP contribution in [0.4, 0.5) is 0 Å². The van der Waals surface area contributed by atoms with E-state index >= 15 is 0 Å². The van der Waals surface area contributed by atoms with Gasteiger partial charge in [0.15, 0.2) is 0 Å². The van der Waals surface area contributed by atoms with Gasteiger partial charge in [-0.3, -0.25) is 10.0 Å². The summed E-state index contributed by atoms with van der Waals surface area (Å²) in [6.45, 7) is 1.05. The molecule has 0 aliphatic rings. The summed E-state index contributed by atoms with van der Waals surface area (Å²) in [5.41, 5.74) is 1.32. The number of sulfonamides is 1. The van der Waals surface area contributed by atoms with Gasteiger partial charge in [0, 0.05) is 6.92 Å². The highest BCUT2D eigenvalue weighted by molar-refractivity contribution is 7.89. The van der Waals surface area contributed by atoms with Crippen molar-refractivity contribution in [2.45, 2.75) is 11.8 Å². The molecule has 0 spiro atoms. The van der Waals surface area contributed by atoms with Crippen LogP contribution in [0.5, 0.6) is 5.75 Å². The van der Waals surface area contributed by atoms with E-state index in [1.807, 2.05) is 4.72 Å². The number of hydrogen-bond acceptors (Lipinski definition) is 5. The molecule has 19 heavy (non-hydrogen) atoms. The molecule has 0 aliphatic carbocycles. The Bertz CT molecular complexity index is 598. The molecule has 7 nitrogen and oxygen atoms in total. The number of benzene rings is 1. The third-order valence-corrected chi connectivity index (χ3v) is 3.37. The van der Waals surface area contributed by atoms with Gasteiger partial charge < -0.3 is 4.74 Å². The first-order valence-electron chi connectivity index (χ1n) is 5.11. The zero-order valence-corrected chi connectivity index (χ0v) is 10.8. The Morgan fingerprint density at radius 2 is 2.00 bits per heavy atom. The van der Waals surface area contributed by atoms with E-state index in [0.717, 1.165) is 0 Å². The smallest absolute Gasteiger partial charge is 0.258 e. The Morgan fingerprint density at radius 1 is 1.37 bits per heavy atom. The highest BCUT2D eigenvalue weighted by Gasteiger charge is 2.15. The summed E-state index contributed by atoms with van der Waals surface area (Å²) in [7, 11) is -3.82. The maximum Gasteiger partial charge on any atom is 0.258 e. The van der Waals surface area contributed by atoms with Crippen molar-refractivity contribution in [1.82, 2.24) is 10.2 Å². The van der Waals surface area contributed by atoms with Crippen LogP contribution in [0, 0.1) is 12.0 Å². The lowest BCUT2D eigenvalue weighted by molar-refractivity contribution is -0.127.